The van der Waals surface area contributed by atoms with Crippen LogP contribution in [0.2, 0.25) is 0 Å². The molecule has 0 aliphatic rings. The molecule has 0 aliphatic carbocycles. The van der Waals surface area contributed by atoms with Crippen molar-refractivity contribution in [2.24, 2.45) is 4.99 Å². The molecule has 7 heteroatoms. The van der Waals surface area contributed by atoms with Crippen LogP contribution in [0, 0.1) is 5.82 Å². The van der Waals surface area contributed by atoms with Gasteiger partial charge >= 0.3 is 0 Å². The highest BCUT2D eigenvalue weighted by Crippen LogP contribution is 2.09. The van der Waals surface area contributed by atoms with Gasteiger partial charge in [-0.1, -0.05) is 24.3 Å². The smallest absolute Gasteiger partial charge is 0.251 e. The molecule has 2 rings (SSSR count). The van der Waals surface area contributed by atoms with Crippen molar-refractivity contribution in [2.75, 3.05) is 20.1 Å². The molecule has 0 unspecified atom stereocenters. The van der Waals surface area contributed by atoms with Crippen LogP contribution < -0.4 is 10.6 Å². The maximum atomic E-state index is 13.4. The van der Waals surface area contributed by atoms with E-state index in [1.807, 2.05) is 50.1 Å². The summed E-state index contributed by atoms with van der Waals surface area (Å²) < 4.78 is 13.4. The number of hydrogen-bond acceptors (Lipinski definition) is 2. The molecule has 28 heavy (non-hydrogen) atoms. The molecule has 0 heterocycles. The number of aliphatic imine (C=N–C) groups is 1. The van der Waals surface area contributed by atoms with Gasteiger partial charge in [0.2, 0.25) is 0 Å². The monoisotopic (exact) mass is 498 g/mol. The Bertz CT molecular complexity index is 797. The molecule has 0 fully saturated rings. The summed E-state index contributed by atoms with van der Waals surface area (Å²) in [6, 6.07) is 14.0. The third-order valence-corrected chi connectivity index (χ3v) is 3.94. The van der Waals surface area contributed by atoms with Gasteiger partial charge in [0.05, 0.1) is 6.54 Å². The zero-order valence-electron chi connectivity index (χ0n) is 16.5. The Morgan fingerprint density at radius 2 is 1.71 bits per heavy atom. The highest BCUT2D eigenvalue weighted by Gasteiger charge is 2.08. The Kier molecular flexibility index (Phi) is 10.5. The second-order valence-electron chi connectivity index (χ2n) is 6.22. The van der Waals surface area contributed by atoms with Crippen molar-refractivity contribution in [3.63, 3.8) is 0 Å². The average Bonchev–Trinajstić information content (AvgIpc) is 2.65. The standard InChI is InChI=1S/C21H27FN4O.HI/c1-4-23-20(27)18-10-6-8-16(12-18)14-25-21(24-5-2)26(3)15-17-9-7-11-19(22)13-17;/h6-13H,4-5,14-15H2,1-3H3,(H,23,27)(H,24,25);1H. The third-order valence-electron chi connectivity index (χ3n) is 3.94. The number of amides is 1. The van der Waals surface area contributed by atoms with Gasteiger partial charge in [-0.2, -0.15) is 0 Å². The lowest BCUT2D eigenvalue weighted by Gasteiger charge is -2.22. The van der Waals surface area contributed by atoms with E-state index in [-0.39, 0.29) is 35.7 Å². The fraction of sp³-hybridized carbons (Fsp3) is 0.333. The summed E-state index contributed by atoms with van der Waals surface area (Å²) in [6.45, 7) is 6.21. The predicted molar refractivity (Wildman–Crippen MR) is 123 cm³/mol. The van der Waals surface area contributed by atoms with Crippen LogP contribution in [-0.4, -0.2) is 36.9 Å². The molecular weight excluding hydrogens is 470 g/mol. The minimum Gasteiger partial charge on any atom is -0.357 e. The first-order valence-electron chi connectivity index (χ1n) is 9.14. The molecule has 0 aliphatic heterocycles. The van der Waals surface area contributed by atoms with Crippen LogP contribution in [0.15, 0.2) is 53.5 Å². The summed E-state index contributed by atoms with van der Waals surface area (Å²) in [5.74, 6) is 0.397. The third kappa shape index (κ3) is 7.46. The molecule has 0 saturated heterocycles. The van der Waals surface area contributed by atoms with Crippen molar-refractivity contribution in [1.29, 1.82) is 0 Å². The Morgan fingerprint density at radius 1 is 1.04 bits per heavy atom. The van der Waals surface area contributed by atoms with Gasteiger partial charge < -0.3 is 15.5 Å². The first kappa shape index (κ1) is 23.9. The molecule has 0 aromatic heterocycles. The van der Waals surface area contributed by atoms with Gasteiger partial charge in [0.25, 0.3) is 5.91 Å². The number of carbonyl (C=O) groups is 1. The Morgan fingerprint density at radius 3 is 2.39 bits per heavy atom. The lowest BCUT2D eigenvalue weighted by Crippen LogP contribution is -2.38. The molecule has 0 spiro atoms. The van der Waals surface area contributed by atoms with E-state index in [0.717, 1.165) is 23.6 Å². The van der Waals surface area contributed by atoms with Crippen LogP contribution in [0.1, 0.15) is 35.3 Å². The summed E-state index contributed by atoms with van der Waals surface area (Å²) in [7, 11) is 1.91. The second kappa shape index (κ2) is 12.3. The van der Waals surface area contributed by atoms with E-state index in [2.05, 4.69) is 15.6 Å². The number of nitrogens with one attached hydrogen (secondary N) is 2. The molecule has 0 bridgehead atoms. The zero-order chi connectivity index (χ0) is 19.6. The molecule has 0 atom stereocenters. The van der Waals surface area contributed by atoms with Gasteiger partial charge in [-0.25, -0.2) is 9.38 Å². The van der Waals surface area contributed by atoms with Crippen LogP contribution >= 0.6 is 24.0 Å². The molecule has 0 radical (unpaired) electrons. The number of nitrogens with zero attached hydrogens (tertiary/aromatic N) is 2. The summed E-state index contributed by atoms with van der Waals surface area (Å²) in [5, 5.41) is 6.05. The van der Waals surface area contributed by atoms with Gasteiger partial charge in [-0.3, -0.25) is 4.79 Å². The van der Waals surface area contributed by atoms with Crippen LogP contribution in [-0.2, 0) is 13.1 Å². The lowest BCUT2D eigenvalue weighted by atomic mass is 10.1. The number of carbonyl (C=O) groups excluding carboxylic acids is 1. The van der Waals surface area contributed by atoms with E-state index in [9.17, 15) is 9.18 Å². The normalized spacial score (nSPS) is 10.8. The molecule has 2 N–H and O–H groups in total. The molecule has 0 saturated carbocycles. The van der Waals surface area contributed by atoms with Gasteiger partial charge in [0.1, 0.15) is 5.82 Å². The van der Waals surface area contributed by atoms with E-state index < -0.39 is 0 Å². The molecule has 2 aromatic rings. The highest BCUT2D eigenvalue weighted by molar-refractivity contribution is 14.0. The average molecular weight is 498 g/mol. The quantitative estimate of drug-likeness (QED) is 0.347. The topological polar surface area (TPSA) is 56.7 Å². The zero-order valence-corrected chi connectivity index (χ0v) is 18.9. The first-order valence-corrected chi connectivity index (χ1v) is 9.14. The van der Waals surface area contributed by atoms with E-state index in [1.54, 1.807) is 12.1 Å². The van der Waals surface area contributed by atoms with Gasteiger partial charge in [-0.05, 0) is 49.2 Å². The summed E-state index contributed by atoms with van der Waals surface area (Å²) in [4.78, 5) is 18.6. The highest BCUT2D eigenvalue weighted by atomic mass is 127. The van der Waals surface area contributed by atoms with Crippen LogP contribution in [0.3, 0.4) is 0 Å². The van der Waals surface area contributed by atoms with Gasteiger partial charge in [0.15, 0.2) is 5.96 Å². The molecule has 5 nitrogen and oxygen atoms in total. The first-order chi connectivity index (χ1) is 13.0. The number of halogens is 2. The SMILES string of the molecule is CCNC(=O)c1cccc(CN=C(NCC)N(C)Cc2cccc(F)c2)c1.I. The van der Waals surface area contributed by atoms with Crippen molar-refractivity contribution < 1.29 is 9.18 Å². The molecule has 1 amide bonds. The van der Waals surface area contributed by atoms with E-state index in [1.165, 1.54) is 12.1 Å². The minimum atomic E-state index is -0.245. The lowest BCUT2D eigenvalue weighted by molar-refractivity contribution is 0.0955. The maximum absolute atomic E-state index is 13.4. The Labute approximate surface area is 183 Å². The van der Waals surface area contributed by atoms with Gasteiger partial charge in [0, 0.05) is 32.2 Å². The van der Waals surface area contributed by atoms with E-state index in [0.29, 0.717) is 25.2 Å². The Hall–Kier alpha value is -2.16. The largest absolute Gasteiger partial charge is 0.357 e. The fourth-order valence-corrected chi connectivity index (χ4v) is 2.69. The Balaban J connectivity index is 0.00000392. The second-order valence-corrected chi connectivity index (χ2v) is 6.22. The van der Waals surface area contributed by atoms with Gasteiger partial charge in [-0.15, -0.1) is 24.0 Å². The summed E-state index contributed by atoms with van der Waals surface area (Å²) in [6.07, 6.45) is 0. The van der Waals surface area contributed by atoms with Crippen molar-refractivity contribution in [1.82, 2.24) is 15.5 Å². The minimum absolute atomic E-state index is 0. The molecular formula is C21H28FIN4O. The van der Waals surface area contributed by atoms with Crippen LogP contribution in [0.5, 0.6) is 0 Å². The number of benzene rings is 2. The van der Waals surface area contributed by atoms with Crippen molar-refractivity contribution >= 4 is 35.8 Å². The number of rotatable bonds is 7. The van der Waals surface area contributed by atoms with Crippen molar-refractivity contribution in [3.8, 4) is 0 Å². The van der Waals surface area contributed by atoms with Crippen LogP contribution in [0.4, 0.5) is 4.39 Å². The summed E-state index contributed by atoms with van der Waals surface area (Å²) >= 11 is 0. The summed E-state index contributed by atoms with van der Waals surface area (Å²) in [5.41, 5.74) is 2.46. The van der Waals surface area contributed by atoms with Crippen LogP contribution in [0.25, 0.3) is 0 Å². The number of guanidine groups is 1. The molecule has 2 aromatic carbocycles. The van der Waals surface area contributed by atoms with Crippen molar-refractivity contribution in [3.05, 3.63) is 71.0 Å². The van der Waals surface area contributed by atoms with Crippen molar-refractivity contribution in [2.45, 2.75) is 26.9 Å². The fourth-order valence-electron chi connectivity index (χ4n) is 2.69. The molecule has 152 valence electrons. The van der Waals surface area contributed by atoms with E-state index >= 15 is 0 Å². The maximum Gasteiger partial charge on any atom is 0.251 e. The number of hydrogen-bond donors (Lipinski definition) is 2. The predicted octanol–water partition coefficient (Wildman–Crippen LogP) is 3.79. The van der Waals surface area contributed by atoms with E-state index in [4.69, 9.17) is 0 Å².